The Morgan fingerprint density at radius 1 is 1.50 bits per heavy atom. The number of fused-ring (bicyclic) bond motifs is 2. The molecule has 18 heavy (non-hydrogen) atoms. The van der Waals surface area contributed by atoms with Gasteiger partial charge in [0.1, 0.15) is 5.69 Å². The van der Waals surface area contributed by atoms with Crippen LogP contribution < -0.4 is 5.73 Å². The van der Waals surface area contributed by atoms with Crippen molar-refractivity contribution in [3.63, 3.8) is 0 Å². The van der Waals surface area contributed by atoms with Gasteiger partial charge in [-0.25, -0.2) is 4.79 Å². The van der Waals surface area contributed by atoms with Gasteiger partial charge in [0, 0.05) is 12.7 Å². The molecular weight excluding hydrogens is 228 g/mol. The smallest absolute Gasteiger partial charge is 0.354 e. The van der Waals surface area contributed by atoms with E-state index in [0.29, 0.717) is 17.3 Å². The van der Waals surface area contributed by atoms with E-state index in [1.807, 2.05) is 10.8 Å². The number of ether oxygens (including phenoxy) is 1. The second kappa shape index (κ2) is 4.34. The molecule has 2 saturated carbocycles. The Labute approximate surface area is 107 Å². The third-order valence-corrected chi connectivity index (χ3v) is 4.63. The molecule has 1 aromatic heterocycles. The molecule has 0 aliphatic heterocycles. The second-order valence-corrected chi connectivity index (χ2v) is 5.74. The summed E-state index contributed by atoms with van der Waals surface area (Å²) in [6.45, 7) is 0.906. The van der Waals surface area contributed by atoms with Gasteiger partial charge in [0.25, 0.3) is 0 Å². The lowest BCUT2D eigenvalue weighted by Gasteiger charge is -2.22. The number of carbonyl (C=O) groups is 1. The van der Waals surface area contributed by atoms with Crippen LogP contribution in [0.15, 0.2) is 12.3 Å². The molecule has 0 amide bonds. The monoisotopic (exact) mass is 248 g/mol. The fourth-order valence-corrected chi connectivity index (χ4v) is 3.81. The number of nitrogens with zero attached hydrogens (tertiary/aromatic N) is 1. The summed E-state index contributed by atoms with van der Waals surface area (Å²) in [4.78, 5) is 11.7. The molecule has 1 heterocycles. The SMILES string of the molecule is COC(=O)c1cc(N)cn1CC1CC2CCC1C2. The summed E-state index contributed by atoms with van der Waals surface area (Å²) in [5, 5.41) is 0. The fraction of sp³-hybridized carbons (Fsp3) is 0.643. The first kappa shape index (κ1) is 11.6. The highest BCUT2D eigenvalue weighted by atomic mass is 16.5. The number of hydrogen-bond acceptors (Lipinski definition) is 3. The van der Waals surface area contributed by atoms with E-state index in [1.165, 1.54) is 32.8 Å². The number of methoxy groups -OCH3 is 1. The molecule has 1 aromatic rings. The predicted molar refractivity (Wildman–Crippen MR) is 69.1 cm³/mol. The number of esters is 1. The van der Waals surface area contributed by atoms with E-state index in [1.54, 1.807) is 6.07 Å². The molecule has 2 fully saturated rings. The van der Waals surface area contributed by atoms with Crippen molar-refractivity contribution in [2.45, 2.75) is 32.2 Å². The van der Waals surface area contributed by atoms with Crippen LogP contribution in [0.3, 0.4) is 0 Å². The van der Waals surface area contributed by atoms with Gasteiger partial charge in [0.05, 0.1) is 12.8 Å². The number of aromatic nitrogens is 1. The van der Waals surface area contributed by atoms with E-state index >= 15 is 0 Å². The minimum absolute atomic E-state index is 0.296. The van der Waals surface area contributed by atoms with E-state index in [2.05, 4.69) is 0 Å². The van der Waals surface area contributed by atoms with Crippen LogP contribution in [0.25, 0.3) is 0 Å². The Hall–Kier alpha value is -1.45. The van der Waals surface area contributed by atoms with E-state index in [4.69, 9.17) is 10.5 Å². The molecule has 3 atom stereocenters. The maximum Gasteiger partial charge on any atom is 0.354 e. The maximum atomic E-state index is 11.7. The van der Waals surface area contributed by atoms with Crippen molar-refractivity contribution in [2.24, 2.45) is 17.8 Å². The van der Waals surface area contributed by atoms with Gasteiger partial charge in [-0.1, -0.05) is 6.42 Å². The molecular formula is C14H20N2O2. The minimum atomic E-state index is -0.296. The number of nitrogens with two attached hydrogens (primary N) is 1. The summed E-state index contributed by atoms with van der Waals surface area (Å²) in [7, 11) is 1.41. The lowest BCUT2D eigenvalue weighted by atomic mass is 9.89. The molecule has 3 rings (SSSR count). The molecule has 0 radical (unpaired) electrons. The lowest BCUT2D eigenvalue weighted by Crippen LogP contribution is -2.20. The normalized spacial score (nSPS) is 29.7. The maximum absolute atomic E-state index is 11.7. The molecule has 2 aliphatic rings. The summed E-state index contributed by atoms with van der Waals surface area (Å²) in [6.07, 6.45) is 7.31. The Morgan fingerprint density at radius 2 is 2.33 bits per heavy atom. The first-order valence-corrected chi connectivity index (χ1v) is 6.71. The molecule has 2 N–H and O–H groups in total. The average molecular weight is 248 g/mol. The number of nitrogen functional groups attached to an aromatic ring is 1. The number of anilines is 1. The van der Waals surface area contributed by atoms with Crippen LogP contribution in [0.4, 0.5) is 5.69 Å². The molecule has 0 spiro atoms. The summed E-state index contributed by atoms with van der Waals surface area (Å²) in [5.41, 5.74) is 7.01. The van der Waals surface area contributed by atoms with Gasteiger partial charge in [0.2, 0.25) is 0 Å². The standard InChI is InChI=1S/C14H20N2O2/c1-18-14(17)13-6-12(15)8-16(13)7-11-5-9-2-3-10(11)4-9/h6,8-11H,2-5,7,15H2,1H3. The van der Waals surface area contributed by atoms with Crippen molar-refractivity contribution < 1.29 is 9.53 Å². The first-order valence-electron chi connectivity index (χ1n) is 6.71. The van der Waals surface area contributed by atoms with Crippen molar-refractivity contribution in [1.29, 1.82) is 0 Å². The molecule has 2 aliphatic carbocycles. The highest BCUT2D eigenvalue weighted by Crippen LogP contribution is 2.48. The van der Waals surface area contributed by atoms with E-state index in [-0.39, 0.29) is 5.97 Å². The van der Waals surface area contributed by atoms with Crippen molar-refractivity contribution in [1.82, 2.24) is 4.57 Å². The Morgan fingerprint density at radius 3 is 2.94 bits per heavy atom. The zero-order chi connectivity index (χ0) is 12.7. The molecule has 2 bridgehead atoms. The Balaban J connectivity index is 1.78. The highest BCUT2D eigenvalue weighted by molar-refractivity contribution is 5.88. The quantitative estimate of drug-likeness (QED) is 0.835. The highest BCUT2D eigenvalue weighted by Gasteiger charge is 2.39. The third-order valence-electron chi connectivity index (χ3n) is 4.63. The van der Waals surface area contributed by atoms with Crippen LogP contribution in [0.5, 0.6) is 0 Å². The zero-order valence-electron chi connectivity index (χ0n) is 10.8. The molecule has 0 saturated heterocycles. The van der Waals surface area contributed by atoms with Crippen LogP contribution in [-0.4, -0.2) is 17.6 Å². The van der Waals surface area contributed by atoms with Crippen molar-refractivity contribution in [3.8, 4) is 0 Å². The van der Waals surface area contributed by atoms with E-state index in [9.17, 15) is 4.79 Å². The third kappa shape index (κ3) is 1.89. The van der Waals surface area contributed by atoms with Crippen molar-refractivity contribution >= 4 is 11.7 Å². The molecule has 4 nitrogen and oxygen atoms in total. The van der Waals surface area contributed by atoms with Gasteiger partial charge in [-0.05, 0) is 43.1 Å². The minimum Gasteiger partial charge on any atom is -0.464 e. The lowest BCUT2D eigenvalue weighted by molar-refractivity contribution is 0.0586. The zero-order valence-corrected chi connectivity index (χ0v) is 10.8. The first-order chi connectivity index (χ1) is 8.67. The van der Waals surface area contributed by atoms with E-state index < -0.39 is 0 Å². The predicted octanol–water partition coefficient (Wildman–Crippen LogP) is 2.29. The fourth-order valence-electron chi connectivity index (χ4n) is 3.81. The number of hydrogen-bond donors (Lipinski definition) is 1. The van der Waals surface area contributed by atoms with Crippen LogP contribution in [0, 0.1) is 17.8 Å². The van der Waals surface area contributed by atoms with Gasteiger partial charge in [-0.3, -0.25) is 0 Å². The van der Waals surface area contributed by atoms with Gasteiger partial charge < -0.3 is 15.0 Å². The largest absolute Gasteiger partial charge is 0.464 e. The van der Waals surface area contributed by atoms with Gasteiger partial charge >= 0.3 is 5.97 Å². The van der Waals surface area contributed by atoms with Crippen molar-refractivity contribution in [3.05, 3.63) is 18.0 Å². The average Bonchev–Trinajstić information content (AvgIpc) is 3.04. The number of carbonyl (C=O) groups excluding carboxylic acids is 1. The van der Waals surface area contributed by atoms with Gasteiger partial charge in [-0.15, -0.1) is 0 Å². The molecule has 3 unspecified atom stereocenters. The molecule has 98 valence electrons. The van der Waals surface area contributed by atoms with Crippen LogP contribution in [0.2, 0.25) is 0 Å². The van der Waals surface area contributed by atoms with E-state index in [0.717, 1.165) is 18.4 Å². The Bertz CT molecular complexity index is 466. The summed E-state index contributed by atoms with van der Waals surface area (Å²) < 4.78 is 6.78. The second-order valence-electron chi connectivity index (χ2n) is 5.74. The van der Waals surface area contributed by atoms with Crippen LogP contribution in [0.1, 0.15) is 36.2 Å². The number of rotatable bonds is 3. The summed E-state index contributed by atoms with van der Waals surface area (Å²) in [5.74, 6) is 2.19. The van der Waals surface area contributed by atoms with Crippen molar-refractivity contribution in [2.75, 3.05) is 12.8 Å². The summed E-state index contributed by atoms with van der Waals surface area (Å²) in [6, 6.07) is 1.71. The van der Waals surface area contributed by atoms with Crippen LogP contribution >= 0.6 is 0 Å². The topological polar surface area (TPSA) is 57.2 Å². The molecule has 4 heteroatoms. The molecule has 0 aromatic carbocycles. The van der Waals surface area contributed by atoms with Gasteiger partial charge in [0.15, 0.2) is 0 Å². The Kier molecular flexibility index (Phi) is 2.80. The van der Waals surface area contributed by atoms with Gasteiger partial charge in [-0.2, -0.15) is 0 Å². The van der Waals surface area contributed by atoms with Crippen LogP contribution in [-0.2, 0) is 11.3 Å². The summed E-state index contributed by atoms with van der Waals surface area (Å²) >= 11 is 0.